The van der Waals surface area contributed by atoms with E-state index in [1.165, 1.54) is 17.0 Å². The monoisotopic (exact) mass is 338 g/mol. The van der Waals surface area contributed by atoms with Crippen molar-refractivity contribution in [3.8, 4) is 17.0 Å². The second-order valence-corrected chi connectivity index (χ2v) is 6.64. The first kappa shape index (κ1) is 14.9. The number of hydrogen-bond acceptors (Lipinski definition) is 3. The Morgan fingerprint density at radius 2 is 1.79 bits per heavy atom. The van der Waals surface area contributed by atoms with E-state index in [1.54, 1.807) is 18.4 Å². The second-order valence-electron chi connectivity index (χ2n) is 5.55. The normalized spacial score (nSPS) is 11.1. The Bertz CT molecular complexity index is 939. The molecule has 2 aromatic heterocycles. The molecule has 2 aromatic carbocycles. The molecular weight excluding hydrogens is 323 g/mol. The minimum atomic E-state index is -0.205. The first-order valence-corrected chi connectivity index (χ1v) is 8.39. The third-order valence-corrected chi connectivity index (χ3v) is 4.88. The first-order chi connectivity index (χ1) is 11.7. The maximum atomic E-state index is 13.0. The standard InChI is InChI=1S/C19H15FN2OS/c1-23-16-8-4-14(5-9-16)18-12-22-11-17(24-19(22)21-18)10-13-2-6-15(20)7-3-13/h2-9,11-12H,10H2,1H3. The third-order valence-electron chi connectivity index (χ3n) is 3.88. The molecule has 0 fully saturated rings. The topological polar surface area (TPSA) is 26.5 Å². The van der Waals surface area contributed by atoms with Crippen LogP contribution in [0.4, 0.5) is 4.39 Å². The van der Waals surface area contributed by atoms with E-state index in [2.05, 4.69) is 6.20 Å². The molecule has 0 saturated heterocycles. The molecule has 0 unspecified atom stereocenters. The predicted molar refractivity (Wildman–Crippen MR) is 94.3 cm³/mol. The van der Waals surface area contributed by atoms with Crippen LogP contribution in [0.2, 0.25) is 0 Å². The van der Waals surface area contributed by atoms with Crippen LogP contribution in [0.25, 0.3) is 16.2 Å². The van der Waals surface area contributed by atoms with E-state index in [0.29, 0.717) is 0 Å². The number of benzene rings is 2. The Labute approximate surface area is 143 Å². The van der Waals surface area contributed by atoms with Gasteiger partial charge in [-0.3, -0.25) is 4.40 Å². The van der Waals surface area contributed by atoms with Crippen molar-refractivity contribution in [3.63, 3.8) is 0 Å². The van der Waals surface area contributed by atoms with Gasteiger partial charge < -0.3 is 4.74 Å². The summed E-state index contributed by atoms with van der Waals surface area (Å²) in [5, 5.41) is 0. The van der Waals surface area contributed by atoms with Crippen molar-refractivity contribution in [2.75, 3.05) is 7.11 Å². The molecule has 0 amide bonds. The predicted octanol–water partition coefficient (Wildman–Crippen LogP) is 4.80. The molecule has 0 saturated carbocycles. The highest BCUT2D eigenvalue weighted by atomic mass is 32.1. The molecule has 0 radical (unpaired) electrons. The molecule has 0 aliphatic heterocycles. The number of rotatable bonds is 4. The number of hydrogen-bond donors (Lipinski definition) is 0. The number of methoxy groups -OCH3 is 1. The fourth-order valence-electron chi connectivity index (χ4n) is 2.63. The number of fused-ring (bicyclic) bond motifs is 1. The zero-order valence-electron chi connectivity index (χ0n) is 13.1. The van der Waals surface area contributed by atoms with Crippen LogP contribution in [0.5, 0.6) is 5.75 Å². The van der Waals surface area contributed by atoms with Gasteiger partial charge in [0.2, 0.25) is 0 Å². The van der Waals surface area contributed by atoms with Crippen LogP contribution >= 0.6 is 11.3 Å². The lowest BCUT2D eigenvalue weighted by Gasteiger charge is -2.00. The van der Waals surface area contributed by atoms with E-state index in [0.717, 1.165) is 34.0 Å². The lowest BCUT2D eigenvalue weighted by atomic mass is 10.1. The van der Waals surface area contributed by atoms with Gasteiger partial charge in [0.25, 0.3) is 0 Å². The summed E-state index contributed by atoms with van der Waals surface area (Å²) in [6.45, 7) is 0. The molecule has 0 spiro atoms. The summed E-state index contributed by atoms with van der Waals surface area (Å²) < 4.78 is 20.2. The van der Waals surface area contributed by atoms with Crippen molar-refractivity contribution in [2.45, 2.75) is 6.42 Å². The molecule has 0 bridgehead atoms. The quantitative estimate of drug-likeness (QED) is 0.534. The van der Waals surface area contributed by atoms with Crippen LogP contribution in [-0.2, 0) is 6.42 Å². The average Bonchev–Trinajstić information content (AvgIpc) is 3.15. The summed E-state index contributed by atoms with van der Waals surface area (Å²) in [5.41, 5.74) is 3.10. The number of imidazole rings is 1. The highest BCUT2D eigenvalue weighted by Gasteiger charge is 2.09. The summed E-state index contributed by atoms with van der Waals surface area (Å²) >= 11 is 1.65. The Morgan fingerprint density at radius 3 is 2.46 bits per heavy atom. The lowest BCUT2D eigenvalue weighted by molar-refractivity contribution is 0.415. The number of ether oxygens (including phenoxy) is 1. The molecule has 5 heteroatoms. The van der Waals surface area contributed by atoms with E-state index in [1.807, 2.05) is 47.0 Å². The molecule has 3 nitrogen and oxygen atoms in total. The van der Waals surface area contributed by atoms with Gasteiger partial charge in [-0.05, 0) is 42.0 Å². The molecule has 4 rings (SSSR count). The fourth-order valence-corrected chi connectivity index (χ4v) is 3.62. The van der Waals surface area contributed by atoms with Crippen LogP contribution in [0, 0.1) is 5.82 Å². The maximum absolute atomic E-state index is 13.0. The summed E-state index contributed by atoms with van der Waals surface area (Å²) in [6.07, 6.45) is 4.90. The minimum Gasteiger partial charge on any atom is -0.497 e. The van der Waals surface area contributed by atoms with Gasteiger partial charge >= 0.3 is 0 Å². The van der Waals surface area contributed by atoms with Gasteiger partial charge in [-0.2, -0.15) is 0 Å². The second kappa shape index (κ2) is 6.09. The van der Waals surface area contributed by atoms with Gasteiger partial charge in [0, 0.05) is 29.3 Å². The van der Waals surface area contributed by atoms with Crippen molar-refractivity contribution in [3.05, 3.63) is 77.2 Å². The number of halogens is 1. The van der Waals surface area contributed by atoms with Gasteiger partial charge in [-0.25, -0.2) is 9.37 Å². The highest BCUT2D eigenvalue weighted by molar-refractivity contribution is 7.17. The van der Waals surface area contributed by atoms with Crippen molar-refractivity contribution in [2.24, 2.45) is 0 Å². The van der Waals surface area contributed by atoms with E-state index >= 15 is 0 Å². The van der Waals surface area contributed by atoms with Crippen molar-refractivity contribution in [1.29, 1.82) is 0 Å². The van der Waals surface area contributed by atoms with Crippen LogP contribution < -0.4 is 4.74 Å². The number of nitrogens with zero attached hydrogens (tertiary/aromatic N) is 2. The third kappa shape index (κ3) is 2.90. The molecule has 120 valence electrons. The molecular formula is C19H15FN2OS. The van der Waals surface area contributed by atoms with Gasteiger partial charge in [-0.1, -0.05) is 12.1 Å². The number of aromatic nitrogens is 2. The molecule has 0 aliphatic carbocycles. The molecule has 0 atom stereocenters. The van der Waals surface area contributed by atoms with Crippen molar-refractivity contribution >= 4 is 16.3 Å². The van der Waals surface area contributed by atoms with Gasteiger partial charge in [-0.15, -0.1) is 11.3 Å². The first-order valence-electron chi connectivity index (χ1n) is 7.57. The largest absolute Gasteiger partial charge is 0.497 e. The van der Waals surface area contributed by atoms with E-state index in [9.17, 15) is 4.39 Å². The SMILES string of the molecule is COc1ccc(-c2cn3cc(Cc4ccc(F)cc4)sc3n2)cc1. The van der Waals surface area contributed by atoms with Crippen LogP contribution in [-0.4, -0.2) is 16.5 Å². The van der Waals surface area contributed by atoms with Crippen molar-refractivity contribution in [1.82, 2.24) is 9.38 Å². The van der Waals surface area contributed by atoms with Gasteiger partial charge in [0.15, 0.2) is 4.96 Å². The summed E-state index contributed by atoms with van der Waals surface area (Å²) in [4.78, 5) is 6.85. The smallest absolute Gasteiger partial charge is 0.194 e. The van der Waals surface area contributed by atoms with Gasteiger partial charge in [0.05, 0.1) is 12.8 Å². The zero-order valence-corrected chi connectivity index (χ0v) is 13.9. The molecule has 2 heterocycles. The Balaban J connectivity index is 1.58. The lowest BCUT2D eigenvalue weighted by Crippen LogP contribution is -1.85. The molecule has 0 aliphatic rings. The molecule has 0 N–H and O–H groups in total. The average molecular weight is 338 g/mol. The summed E-state index contributed by atoms with van der Waals surface area (Å²) in [6, 6.07) is 14.5. The van der Waals surface area contributed by atoms with Crippen molar-refractivity contribution < 1.29 is 9.13 Å². The Morgan fingerprint density at radius 1 is 1.04 bits per heavy atom. The Hall–Kier alpha value is -2.66. The fraction of sp³-hybridized carbons (Fsp3) is 0.105. The maximum Gasteiger partial charge on any atom is 0.194 e. The summed E-state index contributed by atoms with van der Waals surface area (Å²) in [5.74, 6) is 0.630. The van der Waals surface area contributed by atoms with E-state index in [4.69, 9.17) is 9.72 Å². The minimum absolute atomic E-state index is 0.205. The Kier molecular flexibility index (Phi) is 3.78. The molecule has 24 heavy (non-hydrogen) atoms. The highest BCUT2D eigenvalue weighted by Crippen LogP contribution is 2.26. The van der Waals surface area contributed by atoms with Crippen LogP contribution in [0.3, 0.4) is 0 Å². The number of thiazole rings is 1. The van der Waals surface area contributed by atoms with Crippen LogP contribution in [0.15, 0.2) is 60.9 Å². The van der Waals surface area contributed by atoms with Gasteiger partial charge in [0.1, 0.15) is 11.6 Å². The molecule has 4 aromatic rings. The zero-order chi connectivity index (χ0) is 16.5. The van der Waals surface area contributed by atoms with Crippen LogP contribution in [0.1, 0.15) is 10.4 Å². The van der Waals surface area contributed by atoms with E-state index < -0.39 is 0 Å². The van der Waals surface area contributed by atoms with E-state index in [-0.39, 0.29) is 5.82 Å². The summed E-state index contributed by atoms with van der Waals surface area (Å²) in [7, 11) is 1.66.